The van der Waals surface area contributed by atoms with Crippen molar-refractivity contribution >= 4 is 40.6 Å². The number of benzene rings is 2. The van der Waals surface area contributed by atoms with Crippen LogP contribution >= 0.6 is 23.2 Å². The number of hydrogen-bond acceptors (Lipinski definition) is 3. The van der Waals surface area contributed by atoms with E-state index in [4.69, 9.17) is 23.2 Å². The van der Waals surface area contributed by atoms with Crippen molar-refractivity contribution in [1.82, 2.24) is 0 Å². The fourth-order valence-electron chi connectivity index (χ4n) is 2.31. The van der Waals surface area contributed by atoms with Gasteiger partial charge in [-0.15, -0.1) is 0 Å². The van der Waals surface area contributed by atoms with Gasteiger partial charge in [0, 0.05) is 21.3 Å². The van der Waals surface area contributed by atoms with Crippen LogP contribution in [0.1, 0.15) is 22.6 Å². The Bertz CT molecular complexity index is 836. The molecule has 6 heteroatoms. The van der Waals surface area contributed by atoms with Crippen LogP contribution in [0.3, 0.4) is 0 Å². The standard InChI is InChI=1S/C18H14Cl2N2O2/c1-10-6-7-15(11(2)8-10)22-18(24)17(23)12(9-21)16-13(19)4-3-5-14(16)20/h3-8,12H,1-2H3,(H,22,24). The highest BCUT2D eigenvalue weighted by Crippen LogP contribution is 2.32. The van der Waals surface area contributed by atoms with Crippen LogP contribution in [0.4, 0.5) is 5.69 Å². The first-order chi connectivity index (χ1) is 11.3. The first-order valence-corrected chi connectivity index (χ1v) is 7.86. The SMILES string of the molecule is Cc1ccc(NC(=O)C(=O)C(C#N)c2c(Cl)cccc2Cl)c(C)c1. The van der Waals surface area contributed by atoms with Crippen molar-refractivity contribution in [2.24, 2.45) is 0 Å². The Morgan fingerprint density at radius 3 is 2.29 bits per heavy atom. The zero-order valence-corrected chi connectivity index (χ0v) is 14.6. The van der Waals surface area contributed by atoms with Crippen molar-refractivity contribution in [1.29, 1.82) is 5.26 Å². The lowest BCUT2D eigenvalue weighted by Gasteiger charge is -2.13. The number of nitrogens with zero attached hydrogens (tertiary/aromatic N) is 1. The molecular weight excluding hydrogens is 347 g/mol. The van der Waals surface area contributed by atoms with Crippen LogP contribution in [0.15, 0.2) is 36.4 Å². The summed E-state index contributed by atoms with van der Waals surface area (Å²) < 4.78 is 0. The highest BCUT2D eigenvalue weighted by Gasteiger charge is 2.30. The summed E-state index contributed by atoms with van der Waals surface area (Å²) in [4.78, 5) is 24.7. The zero-order chi connectivity index (χ0) is 17.9. The summed E-state index contributed by atoms with van der Waals surface area (Å²) in [5.41, 5.74) is 2.51. The molecule has 1 amide bonds. The third-order valence-electron chi connectivity index (χ3n) is 3.53. The van der Waals surface area contributed by atoms with Crippen LogP contribution in [-0.2, 0) is 9.59 Å². The molecule has 0 aliphatic heterocycles. The lowest BCUT2D eigenvalue weighted by atomic mass is 9.95. The number of hydrogen-bond donors (Lipinski definition) is 1. The molecule has 24 heavy (non-hydrogen) atoms. The van der Waals surface area contributed by atoms with Gasteiger partial charge in [-0.1, -0.05) is 47.0 Å². The second-order valence-electron chi connectivity index (χ2n) is 5.33. The molecule has 1 N–H and O–H groups in total. The minimum absolute atomic E-state index is 0.143. The Morgan fingerprint density at radius 2 is 1.75 bits per heavy atom. The molecule has 0 saturated carbocycles. The maximum atomic E-state index is 12.4. The molecule has 0 aromatic heterocycles. The Kier molecular flexibility index (Phi) is 5.61. The van der Waals surface area contributed by atoms with E-state index in [2.05, 4.69) is 5.32 Å². The Labute approximate surface area is 150 Å². The molecule has 2 rings (SSSR count). The van der Waals surface area contributed by atoms with Crippen molar-refractivity contribution in [2.75, 3.05) is 5.32 Å². The number of rotatable bonds is 4. The summed E-state index contributed by atoms with van der Waals surface area (Å²) in [7, 11) is 0. The molecule has 122 valence electrons. The van der Waals surface area contributed by atoms with Crippen molar-refractivity contribution in [3.05, 3.63) is 63.1 Å². The average Bonchev–Trinajstić information content (AvgIpc) is 2.53. The van der Waals surface area contributed by atoms with Crippen LogP contribution in [0, 0.1) is 25.2 Å². The third kappa shape index (κ3) is 3.76. The van der Waals surface area contributed by atoms with Gasteiger partial charge >= 0.3 is 0 Å². The van der Waals surface area contributed by atoms with E-state index in [1.165, 1.54) is 12.1 Å². The number of carbonyl (C=O) groups excluding carboxylic acids is 2. The van der Waals surface area contributed by atoms with E-state index in [-0.39, 0.29) is 15.6 Å². The van der Waals surface area contributed by atoms with Crippen LogP contribution in [0.2, 0.25) is 10.0 Å². The van der Waals surface area contributed by atoms with Gasteiger partial charge in [0.05, 0.1) is 6.07 Å². The zero-order valence-electron chi connectivity index (χ0n) is 13.1. The highest BCUT2D eigenvalue weighted by molar-refractivity contribution is 6.44. The van der Waals surface area contributed by atoms with Gasteiger partial charge in [0.25, 0.3) is 5.91 Å². The molecule has 0 radical (unpaired) electrons. The molecule has 4 nitrogen and oxygen atoms in total. The minimum Gasteiger partial charge on any atom is -0.319 e. The fourth-order valence-corrected chi connectivity index (χ4v) is 2.93. The van der Waals surface area contributed by atoms with Gasteiger partial charge in [-0.25, -0.2) is 0 Å². The van der Waals surface area contributed by atoms with E-state index in [1.54, 1.807) is 12.1 Å². The molecule has 0 bridgehead atoms. The summed E-state index contributed by atoms with van der Waals surface area (Å²) in [6, 6.07) is 11.9. The smallest absolute Gasteiger partial charge is 0.293 e. The summed E-state index contributed by atoms with van der Waals surface area (Å²) in [6.07, 6.45) is 0. The normalized spacial score (nSPS) is 11.5. The van der Waals surface area contributed by atoms with Crippen LogP contribution in [0.25, 0.3) is 0 Å². The number of aryl methyl sites for hydroxylation is 2. The van der Waals surface area contributed by atoms with E-state index in [9.17, 15) is 14.9 Å². The molecule has 0 spiro atoms. The molecular formula is C18H14Cl2N2O2. The largest absolute Gasteiger partial charge is 0.319 e. The van der Waals surface area contributed by atoms with Crippen molar-refractivity contribution in [3.8, 4) is 6.07 Å². The molecule has 1 unspecified atom stereocenters. The minimum atomic E-state index is -1.36. The quantitative estimate of drug-likeness (QED) is 0.820. The van der Waals surface area contributed by atoms with Gasteiger partial charge in [-0.3, -0.25) is 9.59 Å². The van der Waals surface area contributed by atoms with Gasteiger partial charge in [-0.2, -0.15) is 5.26 Å². The van der Waals surface area contributed by atoms with E-state index in [0.717, 1.165) is 11.1 Å². The summed E-state index contributed by atoms with van der Waals surface area (Å²) in [5.74, 6) is -3.16. The lowest BCUT2D eigenvalue weighted by Crippen LogP contribution is -2.28. The van der Waals surface area contributed by atoms with Gasteiger partial charge in [0.15, 0.2) is 0 Å². The van der Waals surface area contributed by atoms with Crippen molar-refractivity contribution < 1.29 is 9.59 Å². The molecule has 0 heterocycles. The molecule has 2 aromatic rings. The molecule has 0 aliphatic carbocycles. The second kappa shape index (κ2) is 7.48. The van der Waals surface area contributed by atoms with Gasteiger partial charge in [-0.05, 0) is 37.6 Å². The third-order valence-corrected chi connectivity index (χ3v) is 4.19. The maximum Gasteiger partial charge on any atom is 0.293 e. The van der Waals surface area contributed by atoms with Crippen LogP contribution in [-0.4, -0.2) is 11.7 Å². The number of ketones is 1. The van der Waals surface area contributed by atoms with Gasteiger partial charge in [0.1, 0.15) is 5.92 Å². The highest BCUT2D eigenvalue weighted by atomic mass is 35.5. The van der Waals surface area contributed by atoms with Gasteiger partial charge < -0.3 is 5.32 Å². The lowest BCUT2D eigenvalue weighted by molar-refractivity contribution is -0.135. The molecule has 0 aliphatic rings. The first-order valence-electron chi connectivity index (χ1n) is 7.11. The molecule has 0 saturated heterocycles. The van der Waals surface area contributed by atoms with Crippen molar-refractivity contribution in [3.63, 3.8) is 0 Å². The summed E-state index contributed by atoms with van der Waals surface area (Å²) in [6.45, 7) is 3.74. The van der Waals surface area contributed by atoms with Crippen molar-refractivity contribution in [2.45, 2.75) is 19.8 Å². The van der Waals surface area contributed by atoms with Gasteiger partial charge in [0.2, 0.25) is 5.78 Å². The number of halogens is 2. The molecule has 0 fully saturated rings. The van der Waals surface area contributed by atoms with E-state index in [0.29, 0.717) is 5.69 Å². The summed E-state index contributed by atoms with van der Waals surface area (Å²) >= 11 is 12.1. The number of amides is 1. The van der Waals surface area contributed by atoms with Crippen LogP contribution in [0.5, 0.6) is 0 Å². The Balaban J connectivity index is 2.29. The number of Topliss-reactive ketones (excluding diaryl/α,β-unsaturated/α-hetero) is 1. The predicted molar refractivity (Wildman–Crippen MR) is 94.4 cm³/mol. The number of nitrogens with one attached hydrogen (secondary N) is 1. The monoisotopic (exact) mass is 360 g/mol. The topological polar surface area (TPSA) is 70.0 Å². The maximum absolute atomic E-state index is 12.4. The van der Waals surface area contributed by atoms with E-state index < -0.39 is 17.6 Å². The number of carbonyl (C=O) groups is 2. The number of anilines is 1. The fraction of sp³-hybridized carbons (Fsp3) is 0.167. The Hall–Kier alpha value is -2.35. The molecule has 2 aromatic carbocycles. The second-order valence-corrected chi connectivity index (χ2v) is 6.15. The van der Waals surface area contributed by atoms with E-state index >= 15 is 0 Å². The predicted octanol–water partition coefficient (Wildman–Crippen LogP) is 4.43. The number of nitriles is 1. The summed E-state index contributed by atoms with van der Waals surface area (Å²) in [5, 5.41) is 12.2. The molecule has 1 atom stereocenters. The van der Waals surface area contributed by atoms with E-state index in [1.807, 2.05) is 32.0 Å². The van der Waals surface area contributed by atoms with Crippen LogP contribution < -0.4 is 5.32 Å². The first kappa shape index (κ1) is 18.0. The Morgan fingerprint density at radius 1 is 1.12 bits per heavy atom. The average molecular weight is 361 g/mol.